The van der Waals surface area contributed by atoms with Crippen LogP contribution in [0.4, 0.5) is 8.78 Å². The zero-order valence-electron chi connectivity index (χ0n) is 6.67. The molecule has 0 unspecified atom stereocenters. The molecule has 1 aromatic heterocycles. The van der Waals surface area contributed by atoms with E-state index in [0.717, 1.165) is 6.20 Å². The molecule has 0 fully saturated rings. The highest BCUT2D eigenvalue weighted by Crippen LogP contribution is 2.31. The molecule has 6 heteroatoms. The molecule has 0 aliphatic rings. The van der Waals surface area contributed by atoms with E-state index in [1.54, 1.807) is 6.07 Å². The third-order valence-electron chi connectivity index (χ3n) is 1.53. The highest BCUT2D eigenvalue weighted by molar-refractivity contribution is 9.10. The zero-order chi connectivity index (χ0) is 10.7. The summed E-state index contributed by atoms with van der Waals surface area (Å²) in [5.74, 6) is 0. The number of nitriles is 1. The van der Waals surface area contributed by atoms with E-state index in [9.17, 15) is 13.6 Å². The van der Waals surface area contributed by atoms with Crippen LogP contribution in [0.3, 0.4) is 0 Å². The van der Waals surface area contributed by atoms with Crippen molar-refractivity contribution in [3.63, 3.8) is 0 Å². The number of aldehydes is 1. The number of pyridine rings is 1. The second-order valence-corrected chi connectivity index (χ2v) is 3.11. The topological polar surface area (TPSA) is 53.8 Å². The molecule has 0 bridgehead atoms. The molecule has 0 radical (unpaired) electrons. The Morgan fingerprint density at radius 1 is 1.64 bits per heavy atom. The summed E-state index contributed by atoms with van der Waals surface area (Å²) in [6.07, 6.45) is -1.52. The summed E-state index contributed by atoms with van der Waals surface area (Å²) in [7, 11) is 0. The molecule has 3 nitrogen and oxygen atoms in total. The van der Waals surface area contributed by atoms with Crippen molar-refractivity contribution in [2.45, 2.75) is 6.43 Å². The van der Waals surface area contributed by atoms with Crippen molar-refractivity contribution in [3.05, 3.63) is 27.5 Å². The maximum Gasteiger partial charge on any atom is 0.266 e. The molecule has 0 aromatic carbocycles. The minimum Gasteiger partial charge on any atom is -0.296 e. The van der Waals surface area contributed by atoms with E-state index in [1.807, 2.05) is 0 Å². The molecule has 14 heavy (non-hydrogen) atoms. The predicted octanol–water partition coefficient (Wildman–Crippen LogP) is 2.47. The number of nitrogens with zero attached hydrogens (tertiary/aromatic N) is 2. The van der Waals surface area contributed by atoms with Crippen LogP contribution in [0.5, 0.6) is 0 Å². The van der Waals surface area contributed by atoms with E-state index < -0.39 is 12.0 Å². The van der Waals surface area contributed by atoms with E-state index >= 15 is 0 Å². The third kappa shape index (κ3) is 1.77. The standard InChI is InChI=1S/C8H3BrF2N2O/c9-7-5(3-14)13-2-4(1-12)6(7)8(10)11/h2-3,8H. The van der Waals surface area contributed by atoms with Gasteiger partial charge in [-0.1, -0.05) is 0 Å². The van der Waals surface area contributed by atoms with Gasteiger partial charge in [-0.2, -0.15) is 5.26 Å². The van der Waals surface area contributed by atoms with E-state index in [4.69, 9.17) is 5.26 Å². The first kappa shape index (κ1) is 10.7. The molecular weight excluding hydrogens is 258 g/mol. The Morgan fingerprint density at radius 3 is 2.71 bits per heavy atom. The van der Waals surface area contributed by atoms with Crippen molar-refractivity contribution in [1.82, 2.24) is 4.98 Å². The van der Waals surface area contributed by atoms with Crippen LogP contribution in [0.2, 0.25) is 0 Å². The molecular formula is C8H3BrF2N2O. The first-order chi connectivity index (χ1) is 6.61. The lowest BCUT2D eigenvalue weighted by atomic mass is 10.1. The van der Waals surface area contributed by atoms with Gasteiger partial charge in [-0.15, -0.1) is 0 Å². The van der Waals surface area contributed by atoms with Gasteiger partial charge in [-0.3, -0.25) is 9.78 Å². The van der Waals surface area contributed by atoms with Gasteiger partial charge in [0, 0.05) is 6.20 Å². The molecule has 1 rings (SSSR count). The molecule has 0 atom stereocenters. The summed E-state index contributed by atoms with van der Waals surface area (Å²) in [6.45, 7) is 0. The Bertz CT molecular complexity index is 415. The molecule has 0 amide bonds. The number of alkyl halides is 2. The number of carbonyl (C=O) groups excluding carboxylic acids is 1. The molecule has 0 aliphatic heterocycles. The monoisotopic (exact) mass is 260 g/mol. The minimum absolute atomic E-state index is 0.124. The van der Waals surface area contributed by atoms with Crippen LogP contribution in [0, 0.1) is 11.3 Å². The number of hydrogen-bond acceptors (Lipinski definition) is 3. The van der Waals surface area contributed by atoms with Crippen molar-refractivity contribution in [2.24, 2.45) is 0 Å². The number of halogens is 3. The summed E-state index contributed by atoms with van der Waals surface area (Å²) in [6, 6.07) is 1.58. The van der Waals surface area contributed by atoms with Gasteiger partial charge in [0.15, 0.2) is 6.29 Å². The van der Waals surface area contributed by atoms with E-state index in [2.05, 4.69) is 20.9 Å². The lowest BCUT2D eigenvalue weighted by Crippen LogP contribution is -1.99. The van der Waals surface area contributed by atoms with Crippen LogP contribution in [0.15, 0.2) is 10.7 Å². The number of aromatic nitrogens is 1. The third-order valence-corrected chi connectivity index (χ3v) is 2.37. The first-order valence-corrected chi connectivity index (χ1v) is 4.23. The van der Waals surface area contributed by atoms with E-state index in [-0.39, 0.29) is 15.7 Å². The van der Waals surface area contributed by atoms with E-state index in [0.29, 0.717) is 6.29 Å². The molecule has 0 saturated heterocycles. The molecule has 0 N–H and O–H groups in total. The number of hydrogen-bond donors (Lipinski definition) is 0. The van der Waals surface area contributed by atoms with Gasteiger partial charge in [0.2, 0.25) is 0 Å². The number of rotatable bonds is 2. The Balaban J connectivity index is 3.48. The molecule has 0 aliphatic carbocycles. The SMILES string of the molecule is N#Cc1cnc(C=O)c(Br)c1C(F)F. The van der Waals surface area contributed by atoms with Crippen molar-refractivity contribution < 1.29 is 13.6 Å². The van der Waals surface area contributed by atoms with Crippen LogP contribution < -0.4 is 0 Å². The summed E-state index contributed by atoms with van der Waals surface area (Å²) in [5, 5.41) is 8.52. The van der Waals surface area contributed by atoms with Crippen LogP contribution in [0.1, 0.15) is 28.0 Å². The van der Waals surface area contributed by atoms with Crippen LogP contribution >= 0.6 is 15.9 Å². The van der Waals surface area contributed by atoms with Crippen molar-refractivity contribution in [3.8, 4) is 6.07 Å². The molecule has 1 aromatic rings. The normalized spacial score (nSPS) is 9.93. The van der Waals surface area contributed by atoms with Gasteiger partial charge >= 0.3 is 0 Å². The summed E-state index contributed by atoms with van der Waals surface area (Å²) >= 11 is 2.81. The van der Waals surface area contributed by atoms with Gasteiger partial charge in [-0.05, 0) is 15.9 Å². The zero-order valence-corrected chi connectivity index (χ0v) is 8.25. The fourth-order valence-corrected chi connectivity index (χ4v) is 1.48. The highest BCUT2D eigenvalue weighted by Gasteiger charge is 2.20. The quantitative estimate of drug-likeness (QED) is 0.768. The van der Waals surface area contributed by atoms with Gasteiger partial charge in [0.25, 0.3) is 6.43 Å². The minimum atomic E-state index is -2.82. The lowest BCUT2D eigenvalue weighted by molar-refractivity contribution is 0.111. The lowest BCUT2D eigenvalue weighted by Gasteiger charge is -2.06. The largest absolute Gasteiger partial charge is 0.296 e. The molecule has 72 valence electrons. The Kier molecular flexibility index (Phi) is 3.25. The average molecular weight is 261 g/mol. The van der Waals surface area contributed by atoms with Crippen molar-refractivity contribution >= 4 is 22.2 Å². The highest BCUT2D eigenvalue weighted by atomic mass is 79.9. The summed E-state index contributed by atoms with van der Waals surface area (Å²) in [5.41, 5.74) is -0.874. The van der Waals surface area contributed by atoms with E-state index in [1.165, 1.54) is 0 Å². The van der Waals surface area contributed by atoms with Crippen molar-refractivity contribution in [1.29, 1.82) is 5.26 Å². The summed E-state index contributed by atoms with van der Waals surface area (Å²) in [4.78, 5) is 13.9. The Hall–Kier alpha value is -1.35. The predicted molar refractivity (Wildman–Crippen MR) is 47.0 cm³/mol. The number of carbonyl (C=O) groups is 1. The smallest absolute Gasteiger partial charge is 0.266 e. The molecule has 0 spiro atoms. The van der Waals surface area contributed by atoms with Gasteiger partial charge in [-0.25, -0.2) is 8.78 Å². The van der Waals surface area contributed by atoms with Crippen LogP contribution in [0.25, 0.3) is 0 Å². The second-order valence-electron chi connectivity index (χ2n) is 2.32. The molecule has 0 saturated carbocycles. The van der Waals surface area contributed by atoms with Gasteiger partial charge in [0.05, 0.1) is 15.6 Å². The van der Waals surface area contributed by atoms with Crippen LogP contribution in [-0.4, -0.2) is 11.3 Å². The summed E-state index contributed by atoms with van der Waals surface area (Å²) < 4.78 is 24.8. The second kappa shape index (κ2) is 4.24. The van der Waals surface area contributed by atoms with Crippen molar-refractivity contribution in [2.75, 3.05) is 0 Å². The fourth-order valence-electron chi connectivity index (χ4n) is 0.901. The Morgan fingerprint density at radius 2 is 2.29 bits per heavy atom. The van der Waals surface area contributed by atoms with Crippen LogP contribution in [-0.2, 0) is 0 Å². The van der Waals surface area contributed by atoms with Gasteiger partial charge < -0.3 is 0 Å². The average Bonchev–Trinajstić information content (AvgIpc) is 2.16. The Labute approximate surface area is 86.5 Å². The fraction of sp³-hybridized carbons (Fsp3) is 0.125. The molecule has 1 heterocycles. The maximum atomic E-state index is 12.5. The first-order valence-electron chi connectivity index (χ1n) is 3.43. The maximum absolute atomic E-state index is 12.5. The van der Waals surface area contributed by atoms with Gasteiger partial charge in [0.1, 0.15) is 11.8 Å².